The number of nitrogens with one attached hydrogen (secondary N) is 1. The summed E-state index contributed by atoms with van der Waals surface area (Å²) in [5, 5.41) is 1.61. The van der Waals surface area contributed by atoms with Crippen molar-refractivity contribution in [1.29, 1.82) is 0 Å². The minimum Gasteiger partial charge on any atom is -0.497 e. The Labute approximate surface area is 175 Å². The first-order chi connectivity index (χ1) is 14.0. The minimum atomic E-state index is -0.776. The fraction of sp³-hybridized carbons (Fsp3) is 0.304. The second kappa shape index (κ2) is 9.14. The molecular formula is C23H24ClNO4. The number of hydrogen-bond donors (Lipinski definition) is 1. The Bertz CT molecular complexity index is 1010. The number of rotatable bonds is 8. The Morgan fingerprint density at radius 2 is 1.79 bits per heavy atom. The summed E-state index contributed by atoms with van der Waals surface area (Å²) in [5.74, 6) is -0.756. The largest absolute Gasteiger partial charge is 0.497 e. The van der Waals surface area contributed by atoms with E-state index in [1.807, 2.05) is 48.7 Å². The van der Waals surface area contributed by atoms with E-state index in [4.69, 9.17) is 21.1 Å². The van der Waals surface area contributed by atoms with Crippen LogP contribution in [0.15, 0.2) is 48.7 Å². The quantitative estimate of drug-likeness (QED) is 0.411. The van der Waals surface area contributed by atoms with Crippen LogP contribution < -0.4 is 4.74 Å². The molecule has 0 aliphatic rings. The molecule has 3 aromatic rings. The summed E-state index contributed by atoms with van der Waals surface area (Å²) in [6.07, 6.45) is 2.92. The van der Waals surface area contributed by atoms with Gasteiger partial charge in [-0.25, -0.2) is 0 Å². The van der Waals surface area contributed by atoms with Gasteiger partial charge in [-0.1, -0.05) is 29.8 Å². The number of benzene rings is 2. The summed E-state index contributed by atoms with van der Waals surface area (Å²) < 4.78 is 10.1. The first-order valence-electron chi connectivity index (χ1n) is 9.44. The molecule has 1 aromatic heterocycles. The lowest BCUT2D eigenvalue weighted by molar-refractivity contribution is -0.149. The molecular weight excluding hydrogens is 390 g/mol. The SMILES string of the molecule is COC(=O)C(CCC(c1ccc(OC)cc1)c1c[nH]c2cccc(Cl)c12)C(C)=O. The van der Waals surface area contributed by atoms with Gasteiger partial charge in [0.25, 0.3) is 0 Å². The van der Waals surface area contributed by atoms with E-state index in [9.17, 15) is 9.59 Å². The lowest BCUT2D eigenvalue weighted by Gasteiger charge is -2.20. The number of hydrogen-bond acceptors (Lipinski definition) is 4. The molecule has 152 valence electrons. The van der Waals surface area contributed by atoms with E-state index in [0.29, 0.717) is 17.9 Å². The van der Waals surface area contributed by atoms with Crippen LogP contribution in [-0.2, 0) is 14.3 Å². The predicted molar refractivity (Wildman–Crippen MR) is 114 cm³/mol. The van der Waals surface area contributed by atoms with Crippen LogP contribution in [0.5, 0.6) is 5.75 Å². The number of ketones is 1. The number of ether oxygens (including phenoxy) is 2. The first kappa shape index (κ1) is 20.9. The molecule has 0 aliphatic heterocycles. The van der Waals surface area contributed by atoms with Gasteiger partial charge in [-0.2, -0.15) is 0 Å². The maximum atomic E-state index is 12.1. The highest BCUT2D eigenvalue weighted by Crippen LogP contribution is 2.38. The average molecular weight is 414 g/mol. The number of aromatic nitrogens is 1. The number of esters is 1. The van der Waals surface area contributed by atoms with Crippen molar-refractivity contribution < 1.29 is 19.1 Å². The van der Waals surface area contributed by atoms with E-state index in [1.54, 1.807) is 7.11 Å². The number of aromatic amines is 1. The Morgan fingerprint density at radius 1 is 1.07 bits per heavy atom. The number of halogens is 1. The average Bonchev–Trinajstić information content (AvgIpc) is 3.16. The Kier molecular flexibility index (Phi) is 6.60. The summed E-state index contributed by atoms with van der Waals surface area (Å²) in [7, 11) is 2.93. The van der Waals surface area contributed by atoms with Crippen LogP contribution in [0, 0.1) is 5.92 Å². The van der Waals surface area contributed by atoms with Crippen LogP contribution in [0.3, 0.4) is 0 Å². The van der Waals surface area contributed by atoms with Crippen molar-refractivity contribution in [3.63, 3.8) is 0 Å². The van der Waals surface area contributed by atoms with Gasteiger partial charge < -0.3 is 14.5 Å². The zero-order valence-electron chi connectivity index (χ0n) is 16.7. The molecule has 0 amide bonds. The molecule has 2 atom stereocenters. The molecule has 0 radical (unpaired) electrons. The van der Waals surface area contributed by atoms with Crippen molar-refractivity contribution in [3.8, 4) is 5.75 Å². The van der Waals surface area contributed by atoms with Crippen LogP contribution in [0.25, 0.3) is 10.9 Å². The third-order valence-corrected chi connectivity index (χ3v) is 5.61. The molecule has 1 N–H and O–H groups in total. The van der Waals surface area contributed by atoms with Gasteiger partial charge in [0.2, 0.25) is 0 Å². The van der Waals surface area contributed by atoms with E-state index in [1.165, 1.54) is 14.0 Å². The Balaban J connectivity index is 2.01. The third-order valence-electron chi connectivity index (χ3n) is 5.30. The van der Waals surface area contributed by atoms with Gasteiger partial charge in [0, 0.05) is 23.0 Å². The smallest absolute Gasteiger partial charge is 0.316 e. The van der Waals surface area contributed by atoms with Crippen LogP contribution in [0.2, 0.25) is 5.02 Å². The molecule has 3 rings (SSSR count). The van der Waals surface area contributed by atoms with E-state index in [2.05, 4.69) is 4.98 Å². The summed E-state index contributed by atoms with van der Waals surface area (Å²) in [6.45, 7) is 1.42. The maximum Gasteiger partial charge on any atom is 0.316 e. The van der Waals surface area contributed by atoms with Crippen LogP contribution in [0.1, 0.15) is 36.8 Å². The van der Waals surface area contributed by atoms with Crippen molar-refractivity contribution in [2.75, 3.05) is 14.2 Å². The van der Waals surface area contributed by atoms with E-state index in [0.717, 1.165) is 27.8 Å². The van der Waals surface area contributed by atoms with Crippen molar-refractivity contribution in [1.82, 2.24) is 4.98 Å². The topological polar surface area (TPSA) is 68.4 Å². The molecule has 6 heteroatoms. The molecule has 2 aromatic carbocycles. The zero-order valence-corrected chi connectivity index (χ0v) is 17.5. The molecule has 2 unspecified atom stereocenters. The third kappa shape index (κ3) is 4.46. The second-order valence-corrected chi connectivity index (χ2v) is 7.40. The van der Waals surface area contributed by atoms with Crippen molar-refractivity contribution in [2.45, 2.75) is 25.7 Å². The van der Waals surface area contributed by atoms with Gasteiger partial charge in [-0.3, -0.25) is 9.59 Å². The van der Waals surface area contributed by atoms with E-state index < -0.39 is 11.9 Å². The lowest BCUT2D eigenvalue weighted by Crippen LogP contribution is -2.24. The number of methoxy groups -OCH3 is 2. The number of Topliss-reactive ketones (excluding diaryl/α,β-unsaturated/α-hetero) is 1. The molecule has 0 aliphatic carbocycles. The number of fused-ring (bicyclic) bond motifs is 1. The van der Waals surface area contributed by atoms with E-state index >= 15 is 0 Å². The van der Waals surface area contributed by atoms with Gasteiger partial charge in [-0.15, -0.1) is 0 Å². The molecule has 29 heavy (non-hydrogen) atoms. The van der Waals surface area contributed by atoms with Gasteiger partial charge in [0.05, 0.1) is 19.2 Å². The molecule has 0 spiro atoms. The highest BCUT2D eigenvalue weighted by atomic mass is 35.5. The van der Waals surface area contributed by atoms with Gasteiger partial charge in [0.1, 0.15) is 17.5 Å². The van der Waals surface area contributed by atoms with E-state index in [-0.39, 0.29) is 11.7 Å². The Morgan fingerprint density at radius 3 is 2.41 bits per heavy atom. The lowest BCUT2D eigenvalue weighted by atomic mass is 9.84. The zero-order chi connectivity index (χ0) is 21.0. The summed E-state index contributed by atoms with van der Waals surface area (Å²) in [5.41, 5.74) is 3.03. The highest BCUT2D eigenvalue weighted by molar-refractivity contribution is 6.35. The predicted octanol–water partition coefficient (Wildman–Crippen LogP) is 5.12. The molecule has 0 bridgehead atoms. The number of H-pyrrole nitrogens is 1. The minimum absolute atomic E-state index is 0.0546. The van der Waals surface area contributed by atoms with Gasteiger partial charge >= 0.3 is 5.97 Å². The van der Waals surface area contributed by atoms with Crippen molar-refractivity contribution in [3.05, 3.63) is 64.8 Å². The monoisotopic (exact) mass is 413 g/mol. The number of carbonyl (C=O) groups is 2. The molecule has 0 fully saturated rings. The van der Waals surface area contributed by atoms with Crippen molar-refractivity contribution in [2.24, 2.45) is 5.92 Å². The molecule has 5 nitrogen and oxygen atoms in total. The van der Waals surface area contributed by atoms with Crippen LogP contribution in [0.4, 0.5) is 0 Å². The maximum absolute atomic E-state index is 12.1. The fourth-order valence-corrected chi connectivity index (χ4v) is 4.02. The molecule has 0 saturated heterocycles. The van der Waals surface area contributed by atoms with Crippen molar-refractivity contribution >= 4 is 34.3 Å². The van der Waals surface area contributed by atoms with Crippen LogP contribution >= 0.6 is 11.6 Å². The summed E-state index contributed by atoms with van der Waals surface area (Å²) >= 11 is 6.50. The molecule has 1 heterocycles. The summed E-state index contributed by atoms with van der Waals surface area (Å²) in [4.78, 5) is 27.3. The number of carbonyl (C=O) groups excluding carboxylic acids is 2. The van der Waals surface area contributed by atoms with Gasteiger partial charge in [0.15, 0.2) is 0 Å². The first-order valence-corrected chi connectivity index (χ1v) is 9.81. The van der Waals surface area contributed by atoms with Crippen LogP contribution in [-0.4, -0.2) is 31.0 Å². The second-order valence-electron chi connectivity index (χ2n) is 7.00. The Hall–Kier alpha value is -2.79. The fourth-order valence-electron chi connectivity index (χ4n) is 3.74. The normalized spacial score (nSPS) is 13.1. The van der Waals surface area contributed by atoms with Gasteiger partial charge in [-0.05, 0) is 55.2 Å². The highest BCUT2D eigenvalue weighted by Gasteiger charge is 2.27. The molecule has 0 saturated carbocycles. The summed E-state index contributed by atoms with van der Waals surface area (Å²) in [6, 6.07) is 13.5. The standard InChI is InChI=1S/C23H24ClNO4/c1-14(26)17(23(27)29-3)11-12-18(15-7-9-16(28-2)10-8-15)19-13-25-21-6-4-5-20(24)22(19)21/h4-10,13,17-18,25H,11-12H2,1-3H3.